The Morgan fingerprint density at radius 3 is 2.60 bits per heavy atom. The summed E-state index contributed by atoms with van der Waals surface area (Å²) in [5.41, 5.74) is 0. The summed E-state index contributed by atoms with van der Waals surface area (Å²) < 4.78 is 28.3. The molecule has 0 aliphatic carbocycles. The molecular formula is C16H26N4O4S. The highest BCUT2D eigenvalue weighted by Crippen LogP contribution is 2.24. The number of sulfone groups is 1. The fourth-order valence-electron chi connectivity index (χ4n) is 3.47. The quantitative estimate of drug-likeness (QED) is 0.813. The van der Waals surface area contributed by atoms with E-state index < -0.39 is 9.84 Å². The summed E-state index contributed by atoms with van der Waals surface area (Å²) in [6, 6.07) is 0.128. The van der Waals surface area contributed by atoms with Crippen molar-refractivity contribution in [3.05, 3.63) is 11.7 Å². The van der Waals surface area contributed by atoms with Crippen LogP contribution >= 0.6 is 0 Å². The third-order valence-electron chi connectivity index (χ3n) is 5.02. The van der Waals surface area contributed by atoms with Crippen LogP contribution < -0.4 is 5.32 Å². The Kier molecular flexibility index (Phi) is 5.43. The van der Waals surface area contributed by atoms with Crippen molar-refractivity contribution in [3.63, 3.8) is 0 Å². The fourth-order valence-corrected chi connectivity index (χ4v) is 5.24. The van der Waals surface area contributed by atoms with Crippen molar-refractivity contribution < 1.29 is 17.7 Å². The van der Waals surface area contributed by atoms with E-state index in [4.69, 9.17) is 4.52 Å². The summed E-state index contributed by atoms with van der Waals surface area (Å²) in [6.45, 7) is 5.77. The molecule has 0 spiro atoms. The molecule has 9 heteroatoms. The summed E-state index contributed by atoms with van der Waals surface area (Å²) in [5.74, 6) is 1.76. The Balaban J connectivity index is 1.43. The van der Waals surface area contributed by atoms with Gasteiger partial charge in [0.25, 0.3) is 0 Å². The molecule has 0 saturated carbocycles. The maximum absolute atomic E-state index is 12.3. The number of hydrogen-bond acceptors (Lipinski definition) is 7. The Labute approximate surface area is 148 Å². The predicted molar refractivity (Wildman–Crippen MR) is 91.6 cm³/mol. The number of likely N-dealkylation sites (tertiary alicyclic amines) is 1. The highest BCUT2D eigenvalue weighted by Gasteiger charge is 2.35. The second-order valence-corrected chi connectivity index (χ2v) is 9.52. The lowest BCUT2D eigenvalue weighted by molar-refractivity contribution is -0.126. The van der Waals surface area contributed by atoms with Gasteiger partial charge in [0.1, 0.15) is 0 Å². The average Bonchev–Trinajstić information content (AvgIpc) is 3.19. The molecule has 25 heavy (non-hydrogen) atoms. The van der Waals surface area contributed by atoms with Gasteiger partial charge in [-0.3, -0.25) is 9.69 Å². The SMILES string of the molecule is CC(C)c1nc(CNC(=O)C2CCN([C@H]3CCS(=O)(=O)C3)CC2)no1. The molecule has 3 heterocycles. The number of amides is 1. The molecule has 1 aromatic rings. The minimum absolute atomic E-state index is 0.00888. The number of nitrogens with zero attached hydrogens (tertiary/aromatic N) is 3. The predicted octanol–water partition coefficient (Wildman–Crippen LogP) is 0.708. The monoisotopic (exact) mass is 370 g/mol. The van der Waals surface area contributed by atoms with Gasteiger partial charge in [-0.1, -0.05) is 19.0 Å². The maximum atomic E-state index is 12.3. The van der Waals surface area contributed by atoms with Crippen LogP contribution in [0.1, 0.15) is 50.7 Å². The van der Waals surface area contributed by atoms with E-state index in [0.29, 0.717) is 17.5 Å². The molecule has 1 N–H and O–H groups in total. The third kappa shape index (κ3) is 4.58. The first kappa shape index (κ1) is 18.3. The van der Waals surface area contributed by atoms with Gasteiger partial charge in [-0.2, -0.15) is 4.98 Å². The molecular weight excluding hydrogens is 344 g/mol. The van der Waals surface area contributed by atoms with Crippen LogP contribution in [0, 0.1) is 5.92 Å². The Hall–Kier alpha value is -1.48. The van der Waals surface area contributed by atoms with E-state index >= 15 is 0 Å². The average molecular weight is 370 g/mol. The molecule has 0 aromatic carbocycles. The van der Waals surface area contributed by atoms with Gasteiger partial charge in [0.15, 0.2) is 15.7 Å². The van der Waals surface area contributed by atoms with E-state index in [9.17, 15) is 13.2 Å². The minimum Gasteiger partial charge on any atom is -0.348 e. The fraction of sp³-hybridized carbons (Fsp3) is 0.812. The topological polar surface area (TPSA) is 105 Å². The van der Waals surface area contributed by atoms with Crippen molar-refractivity contribution in [1.82, 2.24) is 20.4 Å². The zero-order chi connectivity index (χ0) is 18.0. The Morgan fingerprint density at radius 1 is 1.32 bits per heavy atom. The molecule has 8 nitrogen and oxygen atoms in total. The lowest BCUT2D eigenvalue weighted by atomic mass is 9.94. The van der Waals surface area contributed by atoms with Crippen molar-refractivity contribution in [2.75, 3.05) is 24.6 Å². The van der Waals surface area contributed by atoms with Gasteiger partial charge >= 0.3 is 0 Å². The second kappa shape index (κ2) is 7.41. The van der Waals surface area contributed by atoms with Gasteiger partial charge in [0.2, 0.25) is 11.8 Å². The van der Waals surface area contributed by atoms with Crippen molar-refractivity contribution in [2.24, 2.45) is 5.92 Å². The van der Waals surface area contributed by atoms with Crippen LogP contribution in [0.25, 0.3) is 0 Å². The van der Waals surface area contributed by atoms with Crippen LogP contribution in [-0.4, -0.2) is 60.0 Å². The van der Waals surface area contributed by atoms with E-state index in [2.05, 4.69) is 20.4 Å². The van der Waals surface area contributed by atoms with Crippen molar-refractivity contribution in [3.8, 4) is 0 Å². The van der Waals surface area contributed by atoms with Gasteiger partial charge in [0.05, 0.1) is 18.1 Å². The number of carbonyl (C=O) groups excluding carboxylic acids is 1. The van der Waals surface area contributed by atoms with Crippen LogP contribution in [0.15, 0.2) is 4.52 Å². The van der Waals surface area contributed by atoms with Crippen LogP contribution in [0.3, 0.4) is 0 Å². The highest BCUT2D eigenvalue weighted by molar-refractivity contribution is 7.91. The molecule has 0 unspecified atom stereocenters. The smallest absolute Gasteiger partial charge is 0.229 e. The molecule has 2 aliphatic rings. The zero-order valence-corrected chi connectivity index (χ0v) is 15.6. The minimum atomic E-state index is -2.86. The molecule has 1 aromatic heterocycles. The molecule has 0 radical (unpaired) electrons. The van der Waals surface area contributed by atoms with Gasteiger partial charge < -0.3 is 9.84 Å². The first-order chi connectivity index (χ1) is 11.8. The van der Waals surface area contributed by atoms with E-state index in [-0.39, 0.29) is 36.1 Å². The van der Waals surface area contributed by atoms with Gasteiger partial charge in [-0.25, -0.2) is 8.42 Å². The van der Waals surface area contributed by atoms with Crippen LogP contribution in [0.4, 0.5) is 0 Å². The molecule has 3 rings (SSSR count). The van der Waals surface area contributed by atoms with Crippen LogP contribution in [-0.2, 0) is 21.2 Å². The van der Waals surface area contributed by atoms with Crippen LogP contribution in [0.5, 0.6) is 0 Å². The first-order valence-electron chi connectivity index (χ1n) is 8.89. The Bertz CT molecular complexity index is 707. The van der Waals surface area contributed by atoms with Gasteiger partial charge in [-0.05, 0) is 32.4 Å². The third-order valence-corrected chi connectivity index (χ3v) is 6.77. The highest BCUT2D eigenvalue weighted by atomic mass is 32.2. The lowest BCUT2D eigenvalue weighted by Crippen LogP contribution is -2.45. The maximum Gasteiger partial charge on any atom is 0.229 e. The molecule has 1 atom stereocenters. The van der Waals surface area contributed by atoms with Gasteiger partial charge in [0, 0.05) is 17.9 Å². The molecule has 2 aliphatic heterocycles. The number of hydrogen-bond donors (Lipinski definition) is 1. The molecule has 140 valence electrons. The number of rotatable bonds is 5. The van der Waals surface area contributed by atoms with Crippen molar-refractivity contribution >= 4 is 15.7 Å². The normalized spacial score (nSPS) is 24.7. The Morgan fingerprint density at radius 2 is 2.04 bits per heavy atom. The summed E-state index contributed by atoms with van der Waals surface area (Å²) in [6.07, 6.45) is 2.23. The van der Waals surface area contributed by atoms with Crippen molar-refractivity contribution in [2.45, 2.75) is 51.6 Å². The number of piperidine rings is 1. The zero-order valence-electron chi connectivity index (χ0n) is 14.8. The molecule has 1 amide bonds. The molecule has 0 bridgehead atoms. The summed E-state index contributed by atoms with van der Waals surface area (Å²) in [5, 5.41) is 6.75. The summed E-state index contributed by atoms with van der Waals surface area (Å²) in [4.78, 5) is 18.8. The molecule has 2 saturated heterocycles. The van der Waals surface area contributed by atoms with Gasteiger partial charge in [-0.15, -0.1) is 0 Å². The van der Waals surface area contributed by atoms with E-state index in [1.807, 2.05) is 13.8 Å². The summed E-state index contributed by atoms with van der Waals surface area (Å²) in [7, 11) is -2.86. The summed E-state index contributed by atoms with van der Waals surface area (Å²) >= 11 is 0. The van der Waals surface area contributed by atoms with E-state index in [1.54, 1.807) is 0 Å². The van der Waals surface area contributed by atoms with E-state index in [0.717, 1.165) is 32.4 Å². The number of carbonyl (C=O) groups is 1. The van der Waals surface area contributed by atoms with E-state index in [1.165, 1.54) is 0 Å². The lowest BCUT2D eigenvalue weighted by Gasteiger charge is -2.34. The first-order valence-corrected chi connectivity index (χ1v) is 10.7. The van der Waals surface area contributed by atoms with Crippen molar-refractivity contribution in [1.29, 1.82) is 0 Å². The largest absolute Gasteiger partial charge is 0.348 e. The standard InChI is InChI=1S/C16H26N4O4S/c1-11(2)16-18-14(19-24-16)9-17-15(21)12-3-6-20(7-4-12)13-5-8-25(22,23)10-13/h11-13H,3-10H2,1-2H3,(H,17,21)/t13-/m0/s1. The second-order valence-electron chi connectivity index (χ2n) is 7.29. The van der Waals surface area contributed by atoms with Crippen LogP contribution in [0.2, 0.25) is 0 Å². The number of nitrogens with one attached hydrogen (secondary N) is 1. The number of aromatic nitrogens is 2. The molecule has 2 fully saturated rings.